The Morgan fingerprint density at radius 3 is 2.81 bits per heavy atom. The zero-order chi connectivity index (χ0) is 15.7. The minimum atomic E-state index is -0.322. The van der Waals surface area contributed by atoms with E-state index in [0.29, 0.717) is 12.2 Å². The van der Waals surface area contributed by atoms with Crippen LogP contribution in [0.15, 0.2) is 18.2 Å². The summed E-state index contributed by atoms with van der Waals surface area (Å²) in [4.78, 5) is 23.3. The van der Waals surface area contributed by atoms with Crippen LogP contribution in [-0.2, 0) is 9.53 Å². The number of ether oxygens (including phenoxy) is 1. The number of nitrogens with two attached hydrogens (primary N) is 1. The molecule has 0 saturated heterocycles. The van der Waals surface area contributed by atoms with Crippen molar-refractivity contribution >= 4 is 11.9 Å². The van der Waals surface area contributed by atoms with Crippen LogP contribution in [0, 0.1) is 18.8 Å². The lowest BCUT2D eigenvalue weighted by atomic mass is 10.0. The number of nitrogens with one attached hydrogen (secondary N) is 1. The molecule has 21 heavy (non-hydrogen) atoms. The molecule has 0 aliphatic heterocycles. The standard InChI is InChI=1S/C16H20N2O3/c1-3-21-15(19)9-11-18-16(20)14-8-4-6-13(12(14)2)7-5-10-17/h4,6,8H,3,9-11,17H2,1-2H3,(H,18,20). The summed E-state index contributed by atoms with van der Waals surface area (Å²) in [5, 5.41) is 2.70. The smallest absolute Gasteiger partial charge is 0.307 e. The van der Waals surface area contributed by atoms with Crippen LogP contribution < -0.4 is 11.1 Å². The summed E-state index contributed by atoms with van der Waals surface area (Å²) < 4.78 is 4.80. The first-order valence-electron chi connectivity index (χ1n) is 6.82. The highest BCUT2D eigenvalue weighted by Crippen LogP contribution is 2.12. The second-order valence-electron chi connectivity index (χ2n) is 4.29. The van der Waals surface area contributed by atoms with Crippen LogP contribution in [0.5, 0.6) is 0 Å². The van der Waals surface area contributed by atoms with Gasteiger partial charge in [0.1, 0.15) is 0 Å². The van der Waals surface area contributed by atoms with Crippen molar-refractivity contribution in [2.24, 2.45) is 5.73 Å². The van der Waals surface area contributed by atoms with Crippen LogP contribution >= 0.6 is 0 Å². The molecule has 0 aliphatic carbocycles. The molecule has 1 amide bonds. The van der Waals surface area contributed by atoms with E-state index in [9.17, 15) is 9.59 Å². The average molecular weight is 288 g/mol. The summed E-state index contributed by atoms with van der Waals surface area (Å²) in [6.07, 6.45) is 0.158. The molecule has 0 radical (unpaired) electrons. The van der Waals surface area contributed by atoms with Crippen LogP contribution in [-0.4, -0.2) is 31.6 Å². The molecule has 0 aliphatic rings. The minimum Gasteiger partial charge on any atom is -0.466 e. The molecular formula is C16H20N2O3. The van der Waals surface area contributed by atoms with E-state index in [4.69, 9.17) is 10.5 Å². The summed E-state index contributed by atoms with van der Waals surface area (Å²) in [7, 11) is 0. The highest BCUT2D eigenvalue weighted by Gasteiger charge is 2.11. The van der Waals surface area contributed by atoms with Crippen molar-refractivity contribution in [1.82, 2.24) is 5.32 Å². The molecule has 0 spiro atoms. The molecule has 112 valence electrons. The van der Waals surface area contributed by atoms with Crippen molar-refractivity contribution in [1.29, 1.82) is 0 Å². The van der Waals surface area contributed by atoms with Crippen molar-refractivity contribution < 1.29 is 14.3 Å². The molecule has 0 saturated carbocycles. The first-order valence-corrected chi connectivity index (χ1v) is 6.82. The first-order chi connectivity index (χ1) is 10.1. The van der Waals surface area contributed by atoms with E-state index in [-0.39, 0.29) is 31.4 Å². The molecule has 5 nitrogen and oxygen atoms in total. The van der Waals surface area contributed by atoms with Crippen molar-refractivity contribution in [3.05, 3.63) is 34.9 Å². The summed E-state index contributed by atoms with van der Waals surface area (Å²) >= 11 is 0. The molecule has 0 fully saturated rings. The van der Waals surface area contributed by atoms with Gasteiger partial charge in [-0.25, -0.2) is 0 Å². The molecule has 0 atom stereocenters. The van der Waals surface area contributed by atoms with E-state index in [1.807, 2.05) is 13.0 Å². The Morgan fingerprint density at radius 1 is 1.38 bits per heavy atom. The van der Waals surface area contributed by atoms with Gasteiger partial charge >= 0.3 is 5.97 Å². The fourth-order valence-electron chi connectivity index (χ4n) is 1.77. The Kier molecular flexibility index (Phi) is 6.99. The highest BCUT2D eigenvalue weighted by molar-refractivity contribution is 5.96. The SMILES string of the molecule is CCOC(=O)CCNC(=O)c1cccc(C#CCN)c1C. The zero-order valence-electron chi connectivity index (χ0n) is 12.4. The zero-order valence-corrected chi connectivity index (χ0v) is 12.4. The molecule has 0 aromatic heterocycles. The number of benzene rings is 1. The van der Waals surface area contributed by atoms with Crippen molar-refractivity contribution in [3.63, 3.8) is 0 Å². The molecule has 1 aromatic carbocycles. The monoisotopic (exact) mass is 288 g/mol. The molecule has 0 heterocycles. The number of rotatable bonds is 5. The van der Waals surface area contributed by atoms with E-state index in [1.54, 1.807) is 19.1 Å². The van der Waals surface area contributed by atoms with Gasteiger partial charge in [0, 0.05) is 17.7 Å². The molecule has 1 rings (SSSR count). The average Bonchev–Trinajstić information content (AvgIpc) is 2.46. The van der Waals surface area contributed by atoms with E-state index in [1.165, 1.54) is 0 Å². The maximum absolute atomic E-state index is 12.1. The fourth-order valence-corrected chi connectivity index (χ4v) is 1.77. The number of esters is 1. The Balaban J connectivity index is 2.68. The predicted octanol–water partition coefficient (Wildman–Crippen LogP) is 0.988. The quantitative estimate of drug-likeness (QED) is 0.625. The van der Waals surface area contributed by atoms with Crippen LogP contribution in [0.3, 0.4) is 0 Å². The van der Waals surface area contributed by atoms with Gasteiger partial charge in [0.15, 0.2) is 0 Å². The summed E-state index contributed by atoms with van der Waals surface area (Å²) in [5.74, 6) is 5.15. The van der Waals surface area contributed by atoms with E-state index in [0.717, 1.165) is 11.1 Å². The number of carbonyl (C=O) groups excluding carboxylic acids is 2. The van der Waals surface area contributed by atoms with E-state index in [2.05, 4.69) is 17.2 Å². The van der Waals surface area contributed by atoms with Crippen LogP contribution in [0.1, 0.15) is 34.8 Å². The summed E-state index contributed by atoms with van der Waals surface area (Å²) in [6.45, 7) is 4.44. The second-order valence-corrected chi connectivity index (χ2v) is 4.29. The third kappa shape index (κ3) is 5.28. The van der Waals surface area contributed by atoms with Gasteiger partial charge in [-0.2, -0.15) is 0 Å². The Bertz CT molecular complexity index is 571. The number of hydrogen-bond donors (Lipinski definition) is 2. The lowest BCUT2D eigenvalue weighted by Crippen LogP contribution is -2.27. The molecule has 5 heteroatoms. The van der Waals surface area contributed by atoms with Gasteiger partial charge < -0.3 is 15.8 Å². The predicted molar refractivity (Wildman–Crippen MR) is 80.7 cm³/mol. The third-order valence-electron chi connectivity index (χ3n) is 2.82. The highest BCUT2D eigenvalue weighted by atomic mass is 16.5. The maximum Gasteiger partial charge on any atom is 0.307 e. The molecule has 0 unspecified atom stereocenters. The van der Waals surface area contributed by atoms with Gasteiger partial charge in [-0.05, 0) is 31.5 Å². The van der Waals surface area contributed by atoms with Crippen LogP contribution in [0.4, 0.5) is 0 Å². The van der Waals surface area contributed by atoms with Crippen molar-refractivity contribution in [2.75, 3.05) is 19.7 Å². The van der Waals surface area contributed by atoms with Crippen LogP contribution in [0.2, 0.25) is 0 Å². The Labute approximate surface area is 124 Å². The topological polar surface area (TPSA) is 81.4 Å². The second kappa shape index (κ2) is 8.77. The van der Waals surface area contributed by atoms with Crippen LogP contribution in [0.25, 0.3) is 0 Å². The summed E-state index contributed by atoms with van der Waals surface area (Å²) in [5.41, 5.74) is 7.47. The molecule has 1 aromatic rings. The lowest BCUT2D eigenvalue weighted by molar-refractivity contribution is -0.142. The number of hydrogen-bond acceptors (Lipinski definition) is 4. The Hall–Kier alpha value is -2.32. The lowest BCUT2D eigenvalue weighted by Gasteiger charge is -2.09. The van der Waals surface area contributed by atoms with Gasteiger partial charge in [0.25, 0.3) is 5.91 Å². The van der Waals surface area contributed by atoms with E-state index < -0.39 is 0 Å². The first kappa shape index (κ1) is 16.7. The minimum absolute atomic E-state index is 0.158. The largest absolute Gasteiger partial charge is 0.466 e. The molecular weight excluding hydrogens is 268 g/mol. The number of carbonyl (C=O) groups is 2. The van der Waals surface area contributed by atoms with Crippen molar-refractivity contribution in [3.8, 4) is 11.8 Å². The fraction of sp³-hybridized carbons (Fsp3) is 0.375. The third-order valence-corrected chi connectivity index (χ3v) is 2.82. The van der Waals surface area contributed by atoms with Crippen molar-refractivity contribution in [2.45, 2.75) is 20.3 Å². The van der Waals surface area contributed by atoms with Gasteiger partial charge in [0.2, 0.25) is 0 Å². The number of amides is 1. The molecule has 0 bridgehead atoms. The molecule has 3 N–H and O–H groups in total. The maximum atomic E-state index is 12.1. The Morgan fingerprint density at radius 2 is 2.14 bits per heavy atom. The van der Waals surface area contributed by atoms with Gasteiger partial charge in [-0.15, -0.1) is 0 Å². The van der Waals surface area contributed by atoms with Gasteiger partial charge in [-0.1, -0.05) is 17.9 Å². The normalized spacial score (nSPS) is 9.48. The summed E-state index contributed by atoms with van der Waals surface area (Å²) in [6, 6.07) is 5.34. The van der Waals surface area contributed by atoms with Gasteiger partial charge in [-0.3, -0.25) is 9.59 Å². The van der Waals surface area contributed by atoms with E-state index >= 15 is 0 Å². The van der Waals surface area contributed by atoms with Gasteiger partial charge in [0.05, 0.1) is 19.6 Å².